The van der Waals surface area contributed by atoms with Crippen LogP contribution in [0.3, 0.4) is 0 Å². The lowest BCUT2D eigenvalue weighted by molar-refractivity contribution is -0.187. The molecule has 0 heterocycles. The van der Waals surface area contributed by atoms with Crippen molar-refractivity contribution in [3.8, 4) is 5.75 Å². The maximum Gasteiger partial charge on any atom is 0.465 e. The van der Waals surface area contributed by atoms with Crippen LogP contribution in [0.2, 0.25) is 0 Å². The molecule has 34 heavy (non-hydrogen) atoms. The number of esters is 2. The van der Waals surface area contributed by atoms with E-state index in [9.17, 15) is 26.8 Å². The van der Waals surface area contributed by atoms with E-state index in [1.807, 2.05) is 30.3 Å². The predicted molar refractivity (Wildman–Crippen MR) is 117 cm³/mol. The monoisotopic (exact) mass is 494 g/mol. The molecule has 2 unspecified atom stereocenters. The summed E-state index contributed by atoms with van der Waals surface area (Å²) < 4.78 is 68.4. The van der Waals surface area contributed by atoms with Gasteiger partial charge >= 0.3 is 27.3 Å². The number of rotatable bonds is 6. The van der Waals surface area contributed by atoms with E-state index in [0.29, 0.717) is 37.9 Å². The van der Waals surface area contributed by atoms with E-state index >= 15 is 0 Å². The lowest BCUT2D eigenvalue weighted by atomic mass is 9.44. The molecule has 4 fully saturated rings. The average Bonchev–Trinajstić information content (AvgIpc) is 2.76. The SMILES string of the molecule is O=C(Oc1cccc2ccccc12)C12CC3CC(CC(COC(=O)C(F)(F)S(=O)(=O)O)(C3)C1)C2. The molecular formula is C24H24F2O7S. The molecular weight excluding hydrogens is 470 g/mol. The summed E-state index contributed by atoms with van der Waals surface area (Å²) >= 11 is 0. The van der Waals surface area contributed by atoms with E-state index in [1.54, 1.807) is 12.1 Å². The molecule has 2 aromatic carbocycles. The van der Waals surface area contributed by atoms with Gasteiger partial charge in [0, 0.05) is 10.8 Å². The maximum absolute atomic E-state index is 13.7. The van der Waals surface area contributed by atoms with Gasteiger partial charge in [0.05, 0.1) is 12.0 Å². The minimum Gasteiger partial charge on any atom is -0.460 e. The molecule has 0 aliphatic heterocycles. The first-order valence-corrected chi connectivity index (χ1v) is 12.6. The lowest BCUT2D eigenvalue weighted by Crippen LogP contribution is -2.57. The zero-order valence-corrected chi connectivity index (χ0v) is 19.0. The number of carbonyl (C=O) groups is 2. The van der Waals surface area contributed by atoms with Gasteiger partial charge in [-0.25, -0.2) is 4.79 Å². The van der Waals surface area contributed by atoms with Crippen molar-refractivity contribution in [2.45, 2.75) is 43.8 Å². The van der Waals surface area contributed by atoms with Crippen molar-refractivity contribution in [3.63, 3.8) is 0 Å². The number of halogens is 2. The van der Waals surface area contributed by atoms with Gasteiger partial charge in [-0.05, 0) is 61.8 Å². The summed E-state index contributed by atoms with van der Waals surface area (Å²) in [6.07, 6.45) is 3.63. The first-order chi connectivity index (χ1) is 15.9. The van der Waals surface area contributed by atoms with Crippen LogP contribution in [0.5, 0.6) is 5.75 Å². The summed E-state index contributed by atoms with van der Waals surface area (Å²) in [6, 6.07) is 13.0. The van der Waals surface area contributed by atoms with Crippen LogP contribution < -0.4 is 4.74 Å². The van der Waals surface area contributed by atoms with Crippen LogP contribution in [-0.2, 0) is 24.4 Å². The highest BCUT2D eigenvalue weighted by atomic mass is 32.2. The van der Waals surface area contributed by atoms with Crippen LogP contribution in [0.1, 0.15) is 38.5 Å². The van der Waals surface area contributed by atoms with Gasteiger partial charge < -0.3 is 9.47 Å². The highest BCUT2D eigenvalue weighted by Crippen LogP contribution is 2.65. The molecule has 0 saturated heterocycles. The van der Waals surface area contributed by atoms with Gasteiger partial charge in [-0.15, -0.1) is 0 Å². The zero-order valence-electron chi connectivity index (χ0n) is 18.2. The van der Waals surface area contributed by atoms with Crippen LogP contribution in [0.25, 0.3) is 10.8 Å². The second kappa shape index (κ2) is 7.71. The van der Waals surface area contributed by atoms with E-state index in [0.717, 1.165) is 17.2 Å². The van der Waals surface area contributed by atoms with Crippen molar-refractivity contribution in [2.24, 2.45) is 22.7 Å². The Labute approximate surface area is 195 Å². The smallest absolute Gasteiger partial charge is 0.460 e. The summed E-state index contributed by atoms with van der Waals surface area (Å²) in [5.74, 6) is -1.92. The molecule has 4 bridgehead atoms. The van der Waals surface area contributed by atoms with Crippen LogP contribution in [0, 0.1) is 22.7 Å². The van der Waals surface area contributed by atoms with Crippen molar-refractivity contribution in [1.29, 1.82) is 0 Å². The Kier molecular flexibility index (Phi) is 5.25. The topological polar surface area (TPSA) is 107 Å². The number of fused-ring (bicyclic) bond motifs is 1. The highest BCUT2D eigenvalue weighted by Gasteiger charge is 2.62. The van der Waals surface area contributed by atoms with Gasteiger partial charge in [0.15, 0.2) is 0 Å². The lowest BCUT2D eigenvalue weighted by Gasteiger charge is -2.60. The van der Waals surface area contributed by atoms with Gasteiger partial charge in [0.25, 0.3) is 0 Å². The summed E-state index contributed by atoms with van der Waals surface area (Å²) in [5.41, 5.74) is -1.54. The third-order valence-electron chi connectivity index (χ3n) is 7.64. The molecule has 0 aromatic heterocycles. The Morgan fingerprint density at radius 1 is 1.03 bits per heavy atom. The van der Waals surface area contributed by atoms with Gasteiger partial charge in [-0.3, -0.25) is 9.35 Å². The molecule has 2 aromatic rings. The van der Waals surface area contributed by atoms with E-state index < -0.39 is 38.8 Å². The highest BCUT2D eigenvalue weighted by molar-refractivity contribution is 7.87. The fourth-order valence-corrected chi connectivity index (χ4v) is 7.03. The number of alkyl halides is 2. The van der Waals surface area contributed by atoms with Crippen molar-refractivity contribution >= 4 is 32.8 Å². The maximum atomic E-state index is 13.7. The van der Waals surface area contributed by atoms with Gasteiger partial charge in [0.1, 0.15) is 5.75 Å². The van der Waals surface area contributed by atoms with Gasteiger partial charge in [0.2, 0.25) is 0 Å². The molecule has 182 valence electrons. The Balaban J connectivity index is 1.37. The summed E-state index contributed by atoms with van der Waals surface area (Å²) in [4.78, 5) is 25.3. The number of hydrogen-bond acceptors (Lipinski definition) is 6. The molecule has 0 amide bonds. The summed E-state index contributed by atoms with van der Waals surface area (Å²) in [6.45, 7) is -0.437. The Morgan fingerprint density at radius 2 is 1.68 bits per heavy atom. The fraction of sp³-hybridized carbons (Fsp3) is 0.500. The molecule has 4 aliphatic rings. The Bertz CT molecular complexity index is 1250. The first-order valence-electron chi connectivity index (χ1n) is 11.2. The normalized spacial score (nSPS) is 30.3. The van der Waals surface area contributed by atoms with Crippen molar-refractivity contribution in [2.75, 3.05) is 6.61 Å². The van der Waals surface area contributed by atoms with E-state index in [4.69, 9.17) is 14.0 Å². The minimum atomic E-state index is -5.94. The fourth-order valence-electron chi connectivity index (χ4n) is 6.76. The Morgan fingerprint density at radius 3 is 2.35 bits per heavy atom. The van der Waals surface area contributed by atoms with E-state index in [-0.39, 0.29) is 17.8 Å². The summed E-state index contributed by atoms with van der Waals surface area (Å²) in [7, 11) is -5.94. The van der Waals surface area contributed by atoms with E-state index in [1.165, 1.54) is 0 Å². The van der Waals surface area contributed by atoms with Gasteiger partial charge in [-0.2, -0.15) is 17.2 Å². The minimum absolute atomic E-state index is 0.155. The molecule has 2 atom stereocenters. The molecule has 10 heteroatoms. The predicted octanol–water partition coefficient (Wildman–Crippen LogP) is 4.36. The first kappa shape index (κ1) is 23.2. The van der Waals surface area contributed by atoms with Crippen LogP contribution in [-0.4, -0.2) is 36.8 Å². The molecule has 7 nitrogen and oxygen atoms in total. The van der Waals surface area contributed by atoms with Crippen molar-refractivity contribution < 1.29 is 40.8 Å². The second-order valence-electron chi connectivity index (χ2n) is 10.2. The third-order valence-corrected chi connectivity index (χ3v) is 8.45. The molecule has 4 aliphatic carbocycles. The van der Waals surface area contributed by atoms with Gasteiger partial charge in [-0.1, -0.05) is 36.4 Å². The number of carbonyl (C=O) groups excluding carboxylic acids is 2. The zero-order chi connectivity index (χ0) is 24.4. The average molecular weight is 495 g/mol. The standard InChI is InChI=1S/C24H24F2O7S/c25-24(26,34(29,30)31)21(28)32-14-22-9-15-8-16(10-22)12-23(11-15,13-22)20(27)33-19-7-3-5-17-4-1-2-6-18(17)19/h1-7,15-16H,8-14H2,(H,29,30,31). The van der Waals surface area contributed by atoms with Crippen LogP contribution >= 0.6 is 0 Å². The summed E-state index contributed by atoms with van der Waals surface area (Å²) in [5, 5.41) is -3.30. The number of benzene rings is 2. The number of ether oxygens (including phenoxy) is 2. The third kappa shape index (κ3) is 3.76. The Hall–Kier alpha value is -2.59. The van der Waals surface area contributed by atoms with Crippen LogP contribution in [0.4, 0.5) is 8.78 Å². The molecule has 0 spiro atoms. The van der Waals surface area contributed by atoms with Crippen LogP contribution in [0.15, 0.2) is 42.5 Å². The molecule has 0 radical (unpaired) electrons. The molecule has 1 N–H and O–H groups in total. The second-order valence-corrected chi connectivity index (χ2v) is 11.6. The molecule has 6 rings (SSSR count). The van der Waals surface area contributed by atoms with Crippen molar-refractivity contribution in [3.05, 3.63) is 42.5 Å². The largest absolute Gasteiger partial charge is 0.465 e. The molecule has 4 saturated carbocycles. The quantitative estimate of drug-likeness (QED) is 0.361. The van der Waals surface area contributed by atoms with E-state index in [2.05, 4.69) is 0 Å². The van der Waals surface area contributed by atoms with Crippen molar-refractivity contribution in [1.82, 2.24) is 0 Å². The number of hydrogen-bond donors (Lipinski definition) is 1.